The van der Waals surface area contributed by atoms with E-state index in [2.05, 4.69) is 5.43 Å². The molecule has 0 saturated carbocycles. The zero-order valence-electron chi connectivity index (χ0n) is 8.20. The van der Waals surface area contributed by atoms with Gasteiger partial charge in [-0.3, -0.25) is 9.80 Å². The Labute approximate surface area is 86.2 Å². The number of carbonyl (C=O) groups excluding carboxylic acids is 1. The lowest BCUT2D eigenvalue weighted by atomic mass is 9.93. The Balaban J connectivity index is 2.08. The van der Waals surface area contributed by atoms with Gasteiger partial charge in [0.1, 0.15) is 30.6 Å². The maximum absolute atomic E-state index is 11.0. The molecule has 0 aliphatic carbocycles. The van der Waals surface area contributed by atoms with Gasteiger partial charge in [-0.25, -0.2) is 5.43 Å². The van der Waals surface area contributed by atoms with Crippen molar-refractivity contribution < 1.29 is 24.9 Å². The molecule has 4 N–H and O–H groups in total. The lowest BCUT2D eigenvalue weighted by Crippen LogP contribution is -2.80. The third-order valence-corrected chi connectivity index (χ3v) is 2.80. The van der Waals surface area contributed by atoms with Gasteiger partial charge in [0.25, 0.3) is 0 Å². The molecule has 86 valence electrons. The molecule has 7 nitrogen and oxygen atoms in total. The average Bonchev–Trinajstić information content (AvgIpc) is 2.13. The average molecular weight is 218 g/mol. The van der Waals surface area contributed by atoms with Crippen molar-refractivity contribution >= 4 is 5.91 Å². The summed E-state index contributed by atoms with van der Waals surface area (Å²) in [6.07, 6.45) is -3.63. The third kappa shape index (κ3) is 1.52. The van der Waals surface area contributed by atoms with Crippen molar-refractivity contribution in [1.29, 1.82) is 0 Å². The maximum Gasteiger partial charge on any atom is 0.234 e. The first-order chi connectivity index (χ1) is 7.06. The zero-order chi connectivity index (χ0) is 11.2. The van der Waals surface area contributed by atoms with Crippen molar-refractivity contribution in [3.63, 3.8) is 0 Å². The van der Waals surface area contributed by atoms with Gasteiger partial charge in [-0.1, -0.05) is 0 Å². The first kappa shape index (κ1) is 10.8. The van der Waals surface area contributed by atoms with Gasteiger partial charge < -0.3 is 20.1 Å². The summed E-state index contributed by atoms with van der Waals surface area (Å²) in [6.45, 7) is 0.976. The number of hydrazine groups is 1. The van der Waals surface area contributed by atoms with E-state index in [-0.39, 0.29) is 12.5 Å². The van der Waals surface area contributed by atoms with E-state index < -0.39 is 30.6 Å². The molecule has 5 atom stereocenters. The van der Waals surface area contributed by atoms with Crippen LogP contribution in [0.2, 0.25) is 0 Å². The molecular weight excluding hydrogens is 204 g/mol. The predicted octanol–water partition coefficient (Wildman–Crippen LogP) is -2.84. The van der Waals surface area contributed by atoms with Crippen LogP contribution in [0.25, 0.3) is 0 Å². The molecule has 15 heavy (non-hydrogen) atoms. The highest BCUT2D eigenvalue weighted by Gasteiger charge is 2.54. The number of nitrogens with one attached hydrogen (secondary N) is 1. The predicted molar refractivity (Wildman–Crippen MR) is 47.2 cm³/mol. The summed E-state index contributed by atoms with van der Waals surface area (Å²) >= 11 is 0. The van der Waals surface area contributed by atoms with Gasteiger partial charge in [-0.15, -0.1) is 0 Å². The summed E-state index contributed by atoms with van der Waals surface area (Å²) in [5, 5.41) is 29.4. The van der Waals surface area contributed by atoms with Crippen molar-refractivity contribution in [2.75, 3.05) is 6.61 Å². The Kier molecular flexibility index (Phi) is 2.65. The fraction of sp³-hybridized carbons (Fsp3) is 0.875. The lowest BCUT2D eigenvalue weighted by molar-refractivity contribution is -0.284. The van der Waals surface area contributed by atoms with Gasteiger partial charge in [0.2, 0.25) is 5.91 Å². The number of aliphatic hydroxyl groups excluding tert-OH is 3. The zero-order valence-corrected chi connectivity index (χ0v) is 8.20. The van der Waals surface area contributed by atoms with Crippen LogP contribution in [0.1, 0.15) is 6.92 Å². The second kappa shape index (κ2) is 3.69. The Morgan fingerprint density at radius 3 is 2.67 bits per heavy atom. The number of fused-ring (bicyclic) bond motifs is 1. The first-order valence-corrected chi connectivity index (χ1v) is 4.74. The van der Waals surface area contributed by atoms with Gasteiger partial charge in [0.05, 0.1) is 6.61 Å². The molecule has 0 aromatic heterocycles. The number of carbonyl (C=O) groups is 1. The third-order valence-electron chi connectivity index (χ3n) is 2.80. The minimum absolute atomic E-state index is 0.256. The van der Waals surface area contributed by atoms with Crippen LogP contribution < -0.4 is 5.43 Å². The number of ether oxygens (including phenoxy) is 1. The summed E-state index contributed by atoms with van der Waals surface area (Å²) in [4.78, 5) is 11.0. The monoisotopic (exact) mass is 218 g/mol. The van der Waals surface area contributed by atoms with Crippen LogP contribution in [0, 0.1) is 0 Å². The topological polar surface area (TPSA) is 102 Å². The SMILES string of the molecule is CC(=O)N1N[C@H]2O[C@H](CO)[C@@H](O)[C@H](O)[C@H]21. The largest absolute Gasteiger partial charge is 0.394 e. The summed E-state index contributed by atoms with van der Waals surface area (Å²) in [6, 6.07) is -0.583. The van der Waals surface area contributed by atoms with E-state index in [1.54, 1.807) is 0 Å². The molecule has 2 heterocycles. The van der Waals surface area contributed by atoms with Crippen LogP contribution in [0.3, 0.4) is 0 Å². The minimum atomic E-state index is -1.18. The molecule has 0 radical (unpaired) electrons. The molecule has 2 saturated heterocycles. The van der Waals surface area contributed by atoms with E-state index >= 15 is 0 Å². The summed E-state index contributed by atoms with van der Waals surface area (Å²) in [5.74, 6) is -0.256. The lowest BCUT2D eigenvalue weighted by Gasteiger charge is -2.55. The number of rotatable bonds is 1. The molecule has 2 fully saturated rings. The second-order valence-corrected chi connectivity index (χ2v) is 3.77. The van der Waals surface area contributed by atoms with E-state index in [1.165, 1.54) is 11.9 Å². The maximum atomic E-state index is 11.0. The summed E-state index contributed by atoms with van der Waals surface area (Å²) in [7, 11) is 0. The molecule has 7 heteroatoms. The van der Waals surface area contributed by atoms with Gasteiger partial charge >= 0.3 is 0 Å². The smallest absolute Gasteiger partial charge is 0.234 e. The number of nitrogens with zero attached hydrogens (tertiary/aromatic N) is 1. The van der Waals surface area contributed by atoms with Crippen LogP contribution in [-0.2, 0) is 9.53 Å². The normalized spacial score (nSPS) is 44.5. The summed E-state index contributed by atoms with van der Waals surface area (Å²) < 4.78 is 5.23. The number of aliphatic hydroxyl groups is 3. The molecule has 1 amide bonds. The van der Waals surface area contributed by atoms with E-state index in [1.807, 2.05) is 0 Å². The van der Waals surface area contributed by atoms with Crippen LogP contribution in [0.4, 0.5) is 0 Å². The molecule has 0 spiro atoms. The highest BCUT2D eigenvalue weighted by Crippen LogP contribution is 2.29. The molecule has 0 bridgehead atoms. The fourth-order valence-electron chi connectivity index (χ4n) is 1.94. The standard InChI is InChI=1S/C8H14N2O5/c1-3(12)10-5-7(14)6(13)4(2-11)15-8(5)9-10/h4-9,11,13-14H,2H2,1H3/t4-,5-,6-,7-,8+/m1/s1. The Morgan fingerprint density at radius 2 is 2.13 bits per heavy atom. The van der Waals surface area contributed by atoms with Crippen LogP contribution in [0.5, 0.6) is 0 Å². The van der Waals surface area contributed by atoms with Crippen molar-refractivity contribution in [2.24, 2.45) is 0 Å². The van der Waals surface area contributed by atoms with E-state index in [0.29, 0.717) is 0 Å². The number of amides is 1. The number of hydrogen-bond donors (Lipinski definition) is 4. The van der Waals surface area contributed by atoms with Gasteiger partial charge in [0, 0.05) is 6.92 Å². The molecule has 0 unspecified atom stereocenters. The second-order valence-electron chi connectivity index (χ2n) is 3.77. The highest BCUT2D eigenvalue weighted by atomic mass is 16.6. The van der Waals surface area contributed by atoms with Crippen molar-refractivity contribution in [2.45, 2.75) is 37.5 Å². The van der Waals surface area contributed by atoms with Crippen molar-refractivity contribution in [3.05, 3.63) is 0 Å². The Bertz CT molecular complexity index is 274. The fourth-order valence-corrected chi connectivity index (χ4v) is 1.94. The van der Waals surface area contributed by atoms with Crippen LogP contribution in [0.15, 0.2) is 0 Å². The molecular formula is C8H14N2O5. The quantitative estimate of drug-likeness (QED) is 0.378. The van der Waals surface area contributed by atoms with Crippen molar-refractivity contribution in [3.8, 4) is 0 Å². The first-order valence-electron chi connectivity index (χ1n) is 4.74. The number of hydrogen-bond acceptors (Lipinski definition) is 6. The molecule has 2 aliphatic rings. The molecule has 0 aromatic carbocycles. The van der Waals surface area contributed by atoms with E-state index in [9.17, 15) is 15.0 Å². The Hall–Kier alpha value is -0.730. The summed E-state index contributed by atoms with van der Waals surface area (Å²) in [5.41, 5.74) is 2.68. The van der Waals surface area contributed by atoms with Crippen LogP contribution >= 0.6 is 0 Å². The van der Waals surface area contributed by atoms with Gasteiger partial charge in [-0.2, -0.15) is 0 Å². The molecule has 0 aromatic rings. The highest BCUT2D eigenvalue weighted by molar-refractivity contribution is 5.74. The van der Waals surface area contributed by atoms with E-state index in [0.717, 1.165) is 0 Å². The molecule has 2 rings (SSSR count). The molecule has 2 aliphatic heterocycles. The Morgan fingerprint density at radius 1 is 1.47 bits per heavy atom. The van der Waals surface area contributed by atoms with E-state index in [4.69, 9.17) is 9.84 Å². The van der Waals surface area contributed by atoms with Gasteiger partial charge in [-0.05, 0) is 0 Å². The van der Waals surface area contributed by atoms with Gasteiger partial charge in [0.15, 0.2) is 0 Å². The minimum Gasteiger partial charge on any atom is -0.394 e. The van der Waals surface area contributed by atoms with Crippen LogP contribution in [-0.4, -0.2) is 63.4 Å². The van der Waals surface area contributed by atoms with Crippen molar-refractivity contribution in [1.82, 2.24) is 10.4 Å².